The number of aryl methyl sites for hydroxylation is 1. The lowest BCUT2D eigenvalue weighted by Gasteiger charge is -2.22. The van der Waals surface area contributed by atoms with Crippen molar-refractivity contribution in [2.45, 2.75) is 32.7 Å². The third-order valence-electron chi connectivity index (χ3n) is 4.45. The van der Waals surface area contributed by atoms with E-state index >= 15 is 0 Å². The fraction of sp³-hybridized carbons (Fsp3) is 0.409. The molecule has 30 heavy (non-hydrogen) atoms. The summed E-state index contributed by atoms with van der Waals surface area (Å²) in [5.74, 6) is 1.30. The molecule has 0 aromatic heterocycles. The van der Waals surface area contributed by atoms with Crippen LogP contribution in [-0.2, 0) is 14.8 Å². The molecule has 8 heteroatoms. The van der Waals surface area contributed by atoms with Crippen LogP contribution in [0, 0.1) is 6.92 Å². The molecule has 164 valence electrons. The number of carbonyl (C=O) groups is 1. The van der Waals surface area contributed by atoms with Crippen molar-refractivity contribution < 1.29 is 22.7 Å². The summed E-state index contributed by atoms with van der Waals surface area (Å²) in [5.41, 5.74) is 1.65. The summed E-state index contributed by atoms with van der Waals surface area (Å²) in [4.78, 5) is 12.2. The number of benzene rings is 2. The van der Waals surface area contributed by atoms with Crippen LogP contribution < -0.4 is 19.1 Å². The molecule has 0 spiro atoms. The Bertz CT molecular complexity index is 912. The van der Waals surface area contributed by atoms with Crippen molar-refractivity contribution in [2.75, 3.05) is 30.8 Å². The molecular formula is C22H30N2O5S. The van der Waals surface area contributed by atoms with Gasteiger partial charge in [-0.05, 0) is 56.7 Å². The van der Waals surface area contributed by atoms with Gasteiger partial charge in [0.15, 0.2) is 0 Å². The normalized spacial score (nSPS) is 12.1. The maximum Gasteiger partial charge on any atom is 0.232 e. The molecule has 0 bridgehead atoms. The van der Waals surface area contributed by atoms with Gasteiger partial charge < -0.3 is 14.8 Å². The first-order valence-electron chi connectivity index (χ1n) is 9.79. The van der Waals surface area contributed by atoms with Gasteiger partial charge in [-0.15, -0.1) is 0 Å². The van der Waals surface area contributed by atoms with Gasteiger partial charge in [0.25, 0.3) is 0 Å². The zero-order valence-electron chi connectivity index (χ0n) is 17.9. The van der Waals surface area contributed by atoms with Gasteiger partial charge in [0.2, 0.25) is 15.9 Å². The van der Waals surface area contributed by atoms with E-state index in [1.165, 1.54) is 10.6 Å². The summed E-state index contributed by atoms with van der Waals surface area (Å²) in [6.45, 7) is 4.37. The molecule has 0 fully saturated rings. The number of nitrogens with zero attached hydrogens (tertiary/aromatic N) is 1. The third kappa shape index (κ3) is 7.59. The first kappa shape index (κ1) is 23.5. The molecular weight excluding hydrogens is 404 g/mol. The molecule has 2 aromatic carbocycles. The molecule has 0 radical (unpaired) electrons. The van der Waals surface area contributed by atoms with Gasteiger partial charge in [-0.25, -0.2) is 8.42 Å². The topological polar surface area (TPSA) is 84.9 Å². The minimum Gasteiger partial charge on any atom is -0.497 e. The Morgan fingerprint density at radius 3 is 2.23 bits per heavy atom. The van der Waals surface area contributed by atoms with Crippen molar-refractivity contribution in [3.05, 3.63) is 54.1 Å². The van der Waals surface area contributed by atoms with E-state index in [1.54, 1.807) is 43.5 Å². The van der Waals surface area contributed by atoms with Crippen LogP contribution in [0.2, 0.25) is 0 Å². The molecule has 0 saturated heterocycles. The van der Waals surface area contributed by atoms with E-state index in [4.69, 9.17) is 9.47 Å². The number of anilines is 1. The number of rotatable bonds is 11. The number of nitrogens with one attached hydrogen (secondary N) is 1. The summed E-state index contributed by atoms with van der Waals surface area (Å²) < 4.78 is 36.4. The minimum atomic E-state index is -3.42. The highest BCUT2D eigenvalue weighted by Crippen LogP contribution is 2.19. The van der Waals surface area contributed by atoms with Gasteiger partial charge in [-0.3, -0.25) is 9.10 Å². The van der Waals surface area contributed by atoms with Gasteiger partial charge in [0.05, 0.1) is 25.1 Å². The fourth-order valence-electron chi connectivity index (χ4n) is 2.86. The summed E-state index contributed by atoms with van der Waals surface area (Å²) in [5, 5.41) is 2.88. The van der Waals surface area contributed by atoms with Crippen LogP contribution in [0.1, 0.15) is 25.3 Å². The predicted molar refractivity (Wildman–Crippen MR) is 119 cm³/mol. The van der Waals surface area contributed by atoms with Gasteiger partial charge >= 0.3 is 0 Å². The number of methoxy groups -OCH3 is 1. The van der Waals surface area contributed by atoms with Crippen molar-refractivity contribution in [2.24, 2.45) is 0 Å². The van der Waals surface area contributed by atoms with Gasteiger partial charge in [-0.2, -0.15) is 0 Å². The van der Waals surface area contributed by atoms with E-state index in [0.29, 0.717) is 24.5 Å². The summed E-state index contributed by atoms with van der Waals surface area (Å²) in [7, 11) is -1.82. The molecule has 0 aliphatic heterocycles. The van der Waals surface area contributed by atoms with Gasteiger partial charge in [0.1, 0.15) is 18.1 Å². The van der Waals surface area contributed by atoms with Crippen LogP contribution >= 0.6 is 0 Å². The first-order chi connectivity index (χ1) is 14.2. The van der Waals surface area contributed by atoms with Crippen molar-refractivity contribution >= 4 is 21.6 Å². The maximum absolute atomic E-state index is 12.2. The second kappa shape index (κ2) is 10.9. The van der Waals surface area contributed by atoms with E-state index < -0.39 is 10.0 Å². The molecule has 1 N–H and O–H groups in total. The second-order valence-corrected chi connectivity index (χ2v) is 9.14. The summed E-state index contributed by atoms with van der Waals surface area (Å²) in [6, 6.07) is 14.3. The highest BCUT2D eigenvalue weighted by atomic mass is 32.2. The molecule has 0 aliphatic carbocycles. The lowest BCUT2D eigenvalue weighted by Crippen LogP contribution is -2.37. The van der Waals surface area contributed by atoms with Crippen LogP contribution in [0.4, 0.5) is 5.69 Å². The summed E-state index contributed by atoms with van der Waals surface area (Å²) in [6.07, 6.45) is 1.81. The highest BCUT2D eigenvalue weighted by molar-refractivity contribution is 7.92. The van der Waals surface area contributed by atoms with E-state index in [-0.39, 0.29) is 24.9 Å². The highest BCUT2D eigenvalue weighted by Gasteiger charge is 2.18. The molecule has 7 nitrogen and oxygen atoms in total. The molecule has 2 rings (SSSR count). The predicted octanol–water partition coefficient (Wildman–Crippen LogP) is 3.13. The SMILES string of the molecule is COc1ccc(OC[C@@H](C)NC(=O)CCCN(c2ccc(C)cc2)S(C)(=O)=O)cc1. The standard InChI is InChI=1S/C22H30N2O5S/c1-17-7-9-19(10-8-17)24(30(4,26)27)15-5-6-22(25)23-18(2)16-29-21-13-11-20(28-3)12-14-21/h7-14,18H,5-6,15-16H2,1-4H3,(H,23,25)/t18-/m1/s1. The number of hydrogen-bond acceptors (Lipinski definition) is 5. The molecule has 1 atom stereocenters. The van der Waals surface area contributed by atoms with Gasteiger partial charge in [-0.1, -0.05) is 17.7 Å². The second-order valence-electron chi connectivity index (χ2n) is 7.23. The van der Waals surface area contributed by atoms with Crippen LogP contribution in [0.25, 0.3) is 0 Å². The molecule has 0 saturated carbocycles. The lowest BCUT2D eigenvalue weighted by molar-refractivity contribution is -0.121. The Labute approximate surface area is 179 Å². The Morgan fingerprint density at radius 1 is 1.07 bits per heavy atom. The Hall–Kier alpha value is -2.74. The van der Waals surface area contributed by atoms with E-state index in [0.717, 1.165) is 11.3 Å². The van der Waals surface area contributed by atoms with Crippen LogP contribution in [0.15, 0.2) is 48.5 Å². The van der Waals surface area contributed by atoms with Crippen molar-refractivity contribution in [3.8, 4) is 11.5 Å². The third-order valence-corrected chi connectivity index (χ3v) is 5.65. The Kier molecular flexibility index (Phi) is 8.53. The van der Waals surface area contributed by atoms with Crippen molar-refractivity contribution in [1.82, 2.24) is 5.32 Å². The van der Waals surface area contributed by atoms with Crippen molar-refractivity contribution in [3.63, 3.8) is 0 Å². The zero-order valence-corrected chi connectivity index (χ0v) is 18.7. The fourth-order valence-corrected chi connectivity index (χ4v) is 3.83. The molecule has 1 amide bonds. The number of hydrogen-bond donors (Lipinski definition) is 1. The lowest BCUT2D eigenvalue weighted by atomic mass is 10.2. The first-order valence-corrected chi connectivity index (χ1v) is 11.6. The van der Waals surface area contributed by atoms with Crippen LogP contribution in [-0.4, -0.2) is 46.9 Å². The molecule has 0 heterocycles. The van der Waals surface area contributed by atoms with E-state index in [9.17, 15) is 13.2 Å². The average molecular weight is 435 g/mol. The number of sulfonamides is 1. The van der Waals surface area contributed by atoms with Crippen molar-refractivity contribution in [1.29, 1.82) is 0 Å². The molecule has 0 aliphatic rings. The smallest absolute Gasteiger partial charge is 0.232 e. The number of carbonyl (C=O) groups excluding carboxylic acids is 1. The summed E-state index contributed by atoms with van der Waals surface area (Å²) >= 11 is 0. The molecule has 0 unspecified atom stereocenters. The van der Waals surface area contributed by atoms with Crippen LogP contribution in [0.3, 0.4) is 0 Å². The monoisotopic (exact) mass is 434 g/mol. The number of amides is 1. The average Bonchev–Trinajstić information content (AvgIpc) is 2.70. The van der Waals surface area contributed by atoms with Gasteiger partial charge in [0, 0.05) is 13.0 Å². The zero-order chi connectivity index (χ0) is 22.1. The Balaban J connectivity index is 1.78. The maximum atomic E-state index is 12.2. The quantitative estimate of drug-likeness (QED) is 0.587. The minimum absolute atomic E-state index is 0.141. The molecule has 2 aromatic rings. The van der Waals surface area contributed by atoms with E-state index in [1.807, 2.05) is 26.0 Å². The van der Waals surface area contributed by atoms with Crippen LogP contribution in [0.5, 0.6) is 11.5 Å². The largest absolute Gasteiger partial charge is 0.497 e. The van der Waals surface area contributed by atoms with E-state index in [2.05, 4.69) is 5.32 Å². The number of ether oxygens (including phenoxy) is 2. The Morgan fingerprint density at radius 2 is 1.67 bits per heavy atom.